The third-order valence-corrected chi connectivity index (χ3v) is 2.68. The van der Waals surface area contributed by atoms with Crippen LogP contribution in [0.4, 0.5) is 4.79 Å². The van der Waals surface area contributed by atoms with Gasteiger partial charge in [0.05, 0.1) is 18.8 Å². The van der Waals surface area contributed by atoms with E-state index in [2.05, 4.69) is 15.5 Å². The Bertz CT molecular complexity index is 657. The molecule has 2 amide bonds. The van der Waals surface area contributed by atoms with Crippen LogP contribution in [0.3, 0.4) is 0 Å². The monoisotopic (exact) mass is 278 g/mol. The van der Waals surface area contributed by atoms with E-state index >= 15 is 0 Å². The highest BCUT2D eigenvalue weighted by Gasteiger charge is 2.04. The van der Waals surface area contributed by atoms with Gasteiger partial charge in [-0.2, -0.15) is 5.10 Å². The minimum Gasteiger partial charge on any atom is -0.497 e. The molecule has 0 radical (unpaired) electrons. The summed E-state index contributed by atoms with van der Waals surface area (Å²) < 4.78 is 5.14. The number of ether oxygens (including phenoxy) is 1. The predicted molar refractivity (Wildman–Crippen MR) is 73.6 cm³/mol. The highest BCUT2D eigenvalue weighted by atomic mass is 35.5. The van der Waals surface area contributed by atoms with Crippen molar-refractivity contribution >= 4 is 34.7 Å². The van der Waals surface area contributed by atoms with Gasteiger partial charge in [0.2, 0.25) is 0 Å². The number of nitrogens with one attached hydrogen (secondary N) is 1. The van der Waals surface area contributed by atoms with Crippen molar-refractivity contribution in [3.05, 3.63) is 35.0 Å². The topological polar surface area (TPSA) is 89.6 Å². The third-order valence-electron chi connectivity index (χ3n) is 2.38. The fraction of sp³-hybridized carbons (Fsp3) is 0.0833. The van der Waals surface area contributed by atoms with E-state index in [1.165, 1.54) is 6.21 Å². The number of urea groups is 1. The first-order valence-electron chi connectivity index (χ1n) is 5.33. The number of rotatable bonds is 3. The van der Waals surface area contributed by atoms with Crippen LogP contribution in [0.5, 0.6) is 5.75 Å². The normalized spacial score (nSPS) is 10.8. The molecular formula is C12H11ClN4O2. The summed E-state index contributed by atoms with van der Waals surface area (Å²) in [5, 5.41) is 4.78. The maximum atomic E-state index is 10.5. The van der Waals surface area contributed by atoms with E-state index in [0.717, 1.165) is 16.7 Å². The second-order valence-electron chi connectivity index (χ2n) is 3.66. The molecule has 0 aliphatic rings. The highest BCUT2D eigenvalue weighted by molar-refractivity contribution is 6.32. The zero-order valence-electron chi connectivity index (χ0n) is 10.1. The smallest absolute Gasteiger partial charge is 0.332 e. The van der Waals surface area contributed by atoms with Crippen molar-refractivity contribution in [1.82, 2.24) is 10.4 Å². The van der Waals surface area contributed by atoms with Crippen LogP contribution in [0.25, 0.3) is 10.9 Å². The quantitative estimate of drug-likeness (QED) is 0.510. The molecule has 0 saturated heterocycles. The lowest BCUT2D eigenvalue weighted by molar-refractivity contribution is 0.249. The number of hydrogen-bond acceptors (Lipinski definition) is 4. The Morgan fingerprint density at radius 2 is 2.32 bits per heavy atom. The summed E-state index contributed by atoms with van der Waals surface area (Å²) in [5.74, 6) is 0.717. The Morgan fingerprint density at radius 3 is 3.00 bits per heavy atom. The minimum atomic E-state index is -0.747. The van der Waals surface area contributed by atoms with Gasteiger partial charge in [0.25, 0.3) is 0 Å². The second-order valence-corrected chi connectivity index (χ2v) is 4.02. The molecule has 19 heavy (non-hydrogen) atoms. The zero-order valence-corrected chi connectivity index (χ0v) is 10.8. The lowest BCUT2D eigenvalue weighted by atomic mass is 10.1. The number of benzene rings is 1. The van der Waals surface area contributed by atoms with Gasteiger partial charge < -0.3 is 10.5 Å². The van der Waals surface area contributed by atoms with Gasteiger partial charge in [0, 0.05) is 10.9 Å². The zero-order chi connectivity index (χ0) is 13.8. The molecule has 7 heteroatoms. The van der Waals surface area contributed by atoms with Crippen LogP contribution >= 0.6 is 11.6 Å². The van der Waals surface area contributed by atoms with Crippen molar-refractivity contribution < 1.29 is 9.53 Å². The van der Waals surface area contributed by atoms with Gasteiger partial charge in [-0.3, -0.25) is 0 Å². The number of amides is 2. The number of carbonyl (C=O) groups is 1. The van der Waals surface area contributed by atoms with E-state index in [-0.39, 0.29) is 5.15 Å². The molecule has 0 fully saturated rings. The minimum absolute atomic E-state index is 0.285. The molecule has 0 aliphatic carbocycles. The van der Waals surface area contributed by atoms with Crippen LogP contribution in [0, 0.1) is 0 Å². The number of nitrogens with zero attached hydrogens (tertiary/aromatic N) is 2. The van der Waals surface area contributed by atoms with Crippen LogP contribution in [-0.4, -0.2) is 24.3 Å². The number of halogens is 1. The fourth-order valence-electron chi connectivity index (χ4n) is 1.53. The van der Waals surface area contributed by atoms with Crippen LogP contribution in [0.2, 0.25) is 5.15 Å². The average Bonchev–Trinajstić information content (AvgIpc) is 2.38. The Kier molecular flexibility index (Phi) is 3.82. The standard InChI is InChI=1S/C12H11ClN4O2/c1-19-9-2-3-10-7(5-9)4-8(11(13)16-10)6-15-17-12(14)18/h2-6H,1H3,(H3,14,17,18)/b15-6+. The molecular weight excluding hydrogens is 268 g/mol. The first kappa shape index (κ1) is 13.1. The van der Waals surface area contributed by atoms with Crippen LogP contribution < -0.4 is 15.9 Å². The predicted octanol–water partition coefficient (Wildman–Crippen LogP) is 1.90. The molecule has 98 valence electrons. The Hall–Kier alpha value is -2.34. The Labute approximate surface area is 114 Å². The molecule has 2 aromatic rings. The number of pyridine rings is 1. The molecule has 2 rings (SSSR count). The van der Waals surface area contributed by atoms with Crippen LogP contribution in [-0.2, 0) is 0 Å². The van der Waals surface area contributed by atoms with Gasteiger partial charge >= 0.3 is 6.03 Å². The molecule has 0 aliphatic heterocycles. The van der Waals surface area contributed by atoms with Gasteiger partial charge in [0.1, 0.15) is 10.9 Å². The number of aromatic nitrogens is 1. The third kappa shape index (κ3) is 3.11. The van der Waals surface area contributed by atoms with E-state index in [4.69, 9.17) is 22.1 Å². The molecule has 6 nitrogen and oxygen atoms in total. The number of carbonyl (C=O) groups excluding carboxylic acids is 1. The highest BCUT2D eigenvalue weighted by Crippen LogP contribution is 2.23. The van der Waals surface area contributed by atoms with Crippen LogP contribution in [0.15, 0.2) is 29.4 Å². The second kappa shape index (κ2) is 5.53. The van der Waals surface area contributed by atoms with E-state index in [9.17, 15) is 4.79 Å². The maximum Gasteiger partial charge on any atom is 0.332 e. The van der Waals surface area contributed by atoms with Crippen molar-refractivity contribution in [3.63, 3.8) is 0 Å². The van der Waals surface area contributed by atoms with Gasteiger partial charge in [-0.15, -0.1) is 0 Å². The summed E-state index contributed by atoms with van der Waals surface area (Å²) in [6.45, 7) is 0. The number of fused-ring (bicyclic) bond motifs is 1. The van der Waals surface area contributed by atoms with E-state index in [1.807, 2.05) is 12.1 Å². The molecule has 0 atom stereocenters. The van der Waals surface area contributed by atoms with Crippen molar-refractivity contribution in [2.24, 2.45) is 10.8 Å². The largest absolute Gasteiger partial charge is 0.497 e. The maximum absolute atomic E-state index is 10.5. The van der Waals surface area contributed by atoms with Gasteiger partial charge in [0.15, 0.2) is 0 Å². The summed E-state index contributed by atoms with van der Waals surface area (Å²) in [5.41, 5.74) is 8.29. The lowest BCUT2D eigenvalue weighted by Crippen LogP contribution is -2.24. The fourth-order valence-corrected chi connectivity index (χ4v) is 1.72. The Morgan fingerprint density at radius 1 is 1.53 bits per heavy atom. The van der Waals surface area contributed by atoms with Crippen LogP contribution in [0.1, 0.15) is 5.56 Å². The molecule has 1 aromatic heterocycles. The molecule has 0 bridgehead atoms. The van der Waals surface area contributed by atoms with Crippen molar-refractivity contribution in [2.75, 3.05) is 7.11 Å². The Balaban J connectivity index is 2.41. The summed E-state index contributed by atoms with van der Waals surface area (Å²) in [7, 11) is 1.59. The van der Waals surface area contributed by atoms with Crippen molar-refractivity contribution in [3.8, 4) is 5.75 Å². The molecule has 1 aromatic carbocycles. The molecule has 0 spiro atoms. The summed E-state index contributed by atoms with van der Waals surface area (Å²) in [4.78, 5) is 14.7. The first-order valence-corrected chi connectivity index (χ1v) is 5.71. The van der Waals surface area contributed by atoms with E-state index in [1.54, 1.807) is 19.2 Å². The number of nitrogens with two attached hydrogens (primary N) is 1. The van der Waals surface area contributed by atoms with Gasteiger partial charge in [-0.25, -0.2) is 15.2 Å². The molecule has 0 unspecified atom stereocenters. The molecule has 0 saturated carbocycles. The van der Waals surface area contributed by atoms with Crippen molar-refractivity contribution in [2.45, 2.75) is 0 Å². The lowest BCUT2D eigenvalue weighted by Gasteiger charge is -2.04. The van der Waals surface area contributed by atoms with E-state index in [0.29, 0.717) is 5.56 Å². The van der Waals surface area contributed by atoms with Crippen molar-refractivity contribution in [1.29, 1.82) is 0 Å². The van der Waals surface area contributed by atoms with E-state index < -0.39 is 6.03 Å². The number of primary amides is 1. The summed E-state index contributed by atoms with van der Waals surface area (Å²) >= 11 is 6.01. The number of hydrogen-bond donors (Lipinski definition) is 2. The molecule has 3 N–H and O–H groups in total. The number of hydrazone groups is 1. The summed E-state index contributed by atoms with van der Waals surface area (Å²) in [6.07, 6.45) is 1.37. The van der Waals surface area contributed by atoms with Gasteiger partial charge in [-0.05, 0) is 24.3 Å². The number of methoxy groups -OCH3 is 1. The summed E-state index contributed by atoms with van der Waals surface area (Å²) in [6, 6.07) is 6.48. The first-order chi connectivity index (χ1) is 9.10. The average molecular weight is 279 g/mol. The molecule has 1 heterocycles. The van der Waals surface area contributed by atoms with Gasteiger partial charge in [-0.1, -0.05) is 11.6 Å². The SMILES string of the molecule is COc1ccc2nc(Cl)c(/C=N/NC(N)=O)cc2c1.